The zero-order chi connectivity index (χ0) is 22.9. The number of anilines is 1. The molecule has 4 nitrogen and oxygen atoms in total. The van der Waals surface area contributed by atoms with Gasteiger partial charge in [-0.15, -0.1) is 6.58 Å². The molecular formula is C27H23BrN2O2. The molecule has 0 aliphatic rings. The summed E-state index contributed by atoms with van der Waals surface area (Å²) < 4.78 is 6.88. The van der Waals surface area contributed by atoms with E-state index in [1.165, 1.54) is 5.56 Å². The fraction of sp³-hybridized carbons (Fsp3) is 0.111. The quantitative estimate of drug-likeness (QED) is 0.221. The lowest BCUT2D eigenvalue weighted by atomic mass is 10.0. The summed E-state index contributed by atoms with van der Waals surface area (Å²) in [6.45, 7) is 6.33. The highest BCUT2D eigenvalue weighted by atomic mass is 79.9. The summed E-state index contributed by atoms with van der Waals surface area (Å²) in [4.78, 5) is 12.6. The van der Waals surface area contributed by atoms with Gasteiger partial charge in [-0.3, -0.25) is 4.79 Å². The summed E-state index contributed by atoms with van der Waals surface area (Å²) in [5, 5.41) is 12.3. The van der Waals surface area contributed by atoms with Crippen LogP contribution < -0.4 is 10.1 Å². The first kappa shape index (κ1) is 23.1. The van der Waals surface area contributed by atoms with Gasteiger partial charge in [0.15, 0.2) is 0 Å². The first-order chi connectivity index (χ1) is 15.5. The zero-order valence-electron chi connectivity index (χ0n) is 17.8. The smallest absolute Gasteiger partial charge is 0.266 e. The van der Waals surface area contributed by atoms with Crippen molar-refractivity contribution in [3.63, 3.8) is 0 Å². The molecular weight excluding hydrogens is 464 g/mol. The Bertz CT molecular complexity index is 1210. The van der Waals surface area contributed by atoms with Crippen LogP contribution in [0.25, 0.3) is 6.08 Å². The van der Waals surface area contributed by atoms with Crippen molar-refractivity contribution in [3.8, 4) is 11.8 Å². The highest BCUT2D eigenvalue weighted by Crippen LogP contribution is 2.24. The third-order valence-corrected chi connectivity index (χ3v) is 5.18. The molecule has 0 radical (unpaired) electrons. The molecule has 1 amide bonds. The largest absolute Gasteiger partial charge is 0.489 e. The van der Waals surface area contributed by atoms with Crippen molar-refractivity contribution in [1.82, 2.24) is 0 Å². The summed E-state index contributed by atoms with van der Waals surface area (Å²) in [5.41, 5.74) is 4.58. The Hall–Kier alpha value is -3.62. The average molecular weight is 487 g/mol. The second-order valence-electron chi connectivity index (χ2n) is 7.27. The molecule has 0 bridgehead atoms. The number of nitrogens with zero attached hydrogens (tertiary/aromatic N) is 1. The standard InChI is InChI=1S/C27H23BrN2O2/c1-3-6-22-14-20(11-12-26(22)32-18-21-8-4-7-19(2)13-21)15-23(17-29)27(31)30-25-10-5-9-24(28)16-25/h3-5,7-16H,1,6,18H2,2H3,(H,30,31)/b23-15-. The van der Waals surface area contributed by atoms with Crippen LogP contribution in [-0.2, 0) is 17.8 Å². The third kappa shape index (κ3) is 6.44. The van der Waals surface area contributed by atoms with E-state index in [9.17, 15) is 10.1 Å². The Labute approximate surface area is 197 Å². The summed E-state index contributed by atoms with van der Waals surface area (Å²) in [5.74, 6) is 0.288. The van der Waals surface area contributed by atoms with Gasteiger partial charge in [0.05, 0.1) is 0 Å². The van der Waals surface area contributed by atoms with Gasteiger partial charge in [-0.1, -0.05) is 64.0 Å². The molecule has 32 heavy (non-hydrogen) atoms. The molecule has 3 aromatic carbocycles. The van der Waals surface area contributed by atoms with E-state index < -0.39 is 5.91 Å². The number of hydrogen-bond acceptors (Lipinski definition) is 3. The highest BCUT2D eigenvalue weighted by Gasteiger charge is 2.11. The predicted octanol–water partition coefficient (Wildman–Crippen LogP) is 6.61. The zero-order valence-corrected chi connectivity index (χ0v) is 19.4. The van der Waals surface area contributed by atoms with Crippen LogP contribution in [-0.4, -0.2) is 5.91 Å². The van der Waals surface area contributed by atoms with E-state index >= 15 is 0 Å². The Morgan fingerprint density at radius 1 is 1.16 bits per heavy atom. The van der Waals surface area contributed by atoms with Gasteiger partial charge in [-0.25, -0.2) is 0 Å². The number of benzene rings is 3. The van der Waals surface area contributed by atoms with Crippen LogP contribution in [0, 0.1) is 18.3 Å². The van der Waals surface area contributed by atoms with Crippen molar-refractivity contribution < 1.29 is 9.53 Å². The van der Waals surface area contributed by atoms with Crippen molar-refractivity contribution in [1.29, 1.82) is 5.26 Å². The molecule has 0 unspecified atom stereocenters. The van der Waals surface area contributed by atoms with Gasteiger partial charge >= 0.3 is 0 Å². The van der Waals surface area contributed by atoms with E-state index in [1.807, 2.05) is 61.5 Å². The Morgan fingerprint density at radius 2 is 1.97 bits per heavy atom. The Kier molecular flexibility index (Phi) is 8.02. The first-order valence-corrected chi connectivity index (χ1v) is 10.9. The number of rotatable bonds is 8. The molecule has 0 aliphatic heterocycles. The molecule has 0 spiro atoms. The number of allylic oxidation sites excluding steroid dienone is 1. The number of carbonyl (C=O) groups excluding carboxylic acids is 1. The van der Waals surface area contributed by atoms with Crippen molar-refractivity contribution in [2.45, 2.75) is 20.0 Å². The molecule has 160 valence electrons. The van der Waals surface area contributed by atoms with Crippen LogP contribution in [0.15, 0.2) is 89.4 Å². The van der Waals surface area contributed by atoms with Gasteiger partial charge in [0.25, 0.3) is 5.91 Å². The molecule has 0 aliphatic carbocycles. The molecule has 5 heteroatoms. The maximum atomic E-state index is 12.6. The topological polar surface area (TPSA) is 62.1 Å². The lowest BCUT2D eigenvalue weighted by Gasteiger charge is -2.12. The Morgan fingerprint density at radius 3 is 2.69 bits per heavy atom. The second-order valence-corrected chi connectivity index (χ2v) is 8.19. The highest BCUT2D eigenvalue weighted by molar-refractivity contribution is 9.10. The summed E-state index contributed by atoms with van der Waals surface area (Å²) in [7, 11) is 0. The molecule has 3 aromatic rings. The minimum Gasteiger partial charge on any atom is -0.489 e. The second kappa shape index (κ2) is 11.1. The number of ether oxygens (including phenoxy) is 1. The third-order valence-electron chi connectivity index (χ3n) is 4.68. The lowest BCUT2D eigenvalue weighted by molar-refractivity contribution is -0.112. The number of nitrogens with one attached hydrogen (secondary N) is 1. The molecule has 1 N–H and O–H groups in total. The van der Waals surface area contributed by atoms with Crippen LogP contribution in [0.1, 0.15) is 22.3 Å². The number of halogens is 1. The number of carbonyl (C=O) groups is 1. The van der Waals surface area contributed by atoms with Crippen LogP contribution in [0.3, 0.4) is 0 Å². The maximum absolute atomic E-state index is 12.6. The van der Waals surface area contributed by atoms with E-state index in [2.05, 4.69) is 33.9 Å². The first-order valence-electron chi connectivity index (χ1n) is 10.1. The van der Waals surface area contributed by atoms with E-state index in [0.29, 0.717) is 18.7 Å². The maximum Gasteiger partial charge on any atom is 0.266 e. The summed E-state index contributed by atoms with van der Waals surface area (Å²) in [6.07, 6.45) is 3.98. The van der Waals surface area contributed by atoms with Gasteiger partial charge in [-0.2, -0.15) is 5.26 Å². The molecule has 0 atom stereocenters. The lowest BCUT2D eigenvalue weighted by Crippen LogP contribution is -2.13. The number of hydrogen-bond donors (Lipinski definition) is 1. The van der Waals surface area contributed by atoms with Gasteiger partial charge in [0, 0.05) is 10.2 Å². The minimum absolute atomic E-state index is 0.0166. The minimum atomic E-state index is -0.462. The number of amides is 1. The van der Waals surface area contributed by atoms with Crippen molar-refractivity contribution >= 4 is 33.6 Å². The normalized spacial score (nSPS) is 10.8. The average Bonchev–Trinajstić information content (AvgIpc) is 2.77. The van der Waals surface area contributed by atoms with Crippen LogP contribution in [0.2, 0.25) is 0 Å². The van der Waals surface area contributed by atoms with E-state index in [-0.39, 0.29) is 5.57 Å². The van der Waals surface area contributed by atoms with Crippen molar-refractivity contribution in [2.24, 2.45) is 0 Å². The molecule has 0 fully saturated rings. The Balaban J connectivity index is 1.79. The van der Waals surface area contributed by atoms with Crippen LogP contribution in [0.4, 0.5) is 5.69 Å². The van der Waals surface area contributed by atoms with E-state index in [1.54, 1.807) is 24.3 Å². The molecule has 0 aromatic heterocycles. The van der Waals surface area contributed by atoms with Gasteiger partial charge in [0.2, 0.25) is 0 Å². The number of nitriles is 1. The van der Waals surface area contributed by atoms with Crippen LogP contribution >= 0.6 is 15.9 Å². The molecule has 3 rings (SSSR count). The fourth-order valence-corrected chi connectivity index (χ4v) is 3.59. The molecule has 0 saturated carbocycles. The van der Waals surface area contributed by atoms with E-state index in [0.717, 1.165) is 26.9 Å². The van der Waals surface area contributed by atoms with Gasteiger partial charge < -0.3 is 10.1 Å². The molecule has 0 heterocycles. The SMILES string of the molecule is C=CCc1cc(/C=C(/C#N)C(=O)Nc2cccc(Br)c2)ccc1OCc1cccc(C)c1. The van der Waals surface area contributed by atoms with Crippen molar-refractivity contribution in [2.75, 3.05) is 5.32 Å². The fourth-order valence-electron chi connectivity index (χ4n) is 3.19. The van der Waals surface area contributed by atoms with Gasteiger partial charge in [0.1, 0.15) is 24.0 Å². The summed E-state index contributed by atoms with van der Waals surface area (Å²) >= 11 is 3.37. The van der Waals surface area contributed by atoms with Crippen molar-refractivity contribution in [3.05, 3.63) is 112 Å². The number of aryl methyl sites for hydroxylation is 1. The van der Waals surface area contributed by atoms with Gasteiger partial charge in [-0.05, 0) is 66.4 Å². The monoisotopic (exact) mass is 486 g/mol. The predicted molar refractivity (Wildman–Crippen MR) is 132 cm³/mol. The summed E-state index contributed by atoms with van der Waals surface area (Å²) in [6, 6.07) is 23.0. The molecule has 0 saturated heterocycles. The van der Waals surface area contributed by atoms with Crippen LogP contribution in [0.5, 0.6) is 5.75 Å². The van der Waals surface area contributed by atoms with E-state index in [4.69, 9.17) is 4.74 Å².